The number of rotatable bonds is 5. The third-order valence-electron chi connectivity index (χ3n) is 3.50. The van der Waals surface area contributed by atoms with Crippen LogP contribution < -0.4 is 4.74 Å². The molecule has 0 atom stereocenters. The lowest BCUT2D eigenvalue weighted by molar-refractivity contribution is 0.294. The molecule has 0 fully saturated rings. The van der Waals surface area contributed by atoms with E-state index in [1.165, 1.54) is 0 Å². The molecule has 0 bridgehead atoms. The Morgan fingerprint density at radius 2 is 1.87 bits per heavy atom. The molecule has 1 aromatic heterocycles. The van der Waals surface area contributed by atoms with Crippen LogP contribution in [-0.2, 0) is 6.61 Å². The molecule has 0 aliphatic carbocycles. The summed E-state index contributed by atoms with van der Waals surface area (Å²) in [5.41, 5.74) is 4.02. The maximum absolute atomic E-state index is 6.28. The molecule has 2 nitrogen and oxygen atoms in total. The van der Waals surface area contributed by atoms with Crippen molar-refractivity contribution >= 4 is 17.7 Å². The molecule has 3 rings (SSSR count). The van der Waals surface area contributed by atoms with Crippen LogP contribution in [0, 0.1) is 0 Å². The van der Waals surface area contributed by atoms with Gasteiger partial charge in [-0.15, -0.1) is 0 Å². The molecule has 0 amide bonds. The number of ether oxygens (including phenoxy) is 1. The van der Waals surface area contributed by atoms with Gasteiger partial charge in [-0.3, -0.25) is 0 Å². The zero-order valence-electron chi connectivity index (χ0n) is 12.6. The first-order valence-electron chi connectivity index (χ1n) is 7.31. The number of hydrogen-bond donors (Lipinski definition) is 0. The third-order valence-corrected chi connectivity index (χ3v) is 3.83. The quantitative estimate of drug-likeness (QED) is 0.608. The average molecular weight is 322 g/mol. The van der Waals surface area contributed by atoms with E-state index < -0.39 is 0 Å². The number of halogens is 1. The predicted octanol–water partition coefficient (Wildman–Crippen LogP) is 5.62. The van der Waals surface area contributed by atoms with Gasteiger partial charge in [0.2, 0.25) is 5.88 Å². The summed E-state index contributed by atoms with van der Waals surface area (Å²) in [5, 5.41) is 0.690. The highest BCUT2D eigenvalue weighted by Gasteiger charge is 2.05. The van der Waals surface area contributed by atoms with Crippen LogP contribution in [0.25, 0.3) is 17.2 Å². The van der Waals surface area contributed by atoms with Crippen LogP contribution in [0.3, 0.4) is 0 Å². The Morgan fingerprint density at radius 3 is 2.57 bits per heavy atom. The second-order valence-electron chi connectivity index (χ2n) is 5.10. The molecule has 0 unspecified atom stereocenters. The Balaban J connectivity index is 1.76. The smallest absolute Gasteiger partial charge is 0.213 e. The van der Waals surface area contributed by atoms with Crippen LogP contribution in [-0.4, -0.2) is 4.98 Å². The van der Waals surface area contributed by atoms with Gasteiger partial charge in [-0.2, -0.15) is 0 Å². The highest BCUT2D eigenvalue weighted by Crippen LogP contribution is 2.29. The van der Waals surface area contributed by atoms with Crippen LogP contribution in [0.1, 0.15) is 11.1 Å². The van der Waals surface area contributed by atoms with Gasteiger partial charge in [0.05, 0.1) is 0 Å². The van der Waals surface area contributed by atoms with Crippen molar-refractivity contribution in [3.8, 4) is 17.0 Å². The largest absolute Gasteiger partial charge is 0.473 e. The van der Waals surface area contributed by atoms with E-state index in [1.807, 2.05) is 60.7 Å². The molecule has 114 valence electrons. The topological polar surface area (TPSA) is 22.1 Å². The third kappa shape index (κ3) is 3.79. The van der Waals surface area contributed by atoms with Crippen molar-refractivity contribution in [2.75, 3.05) is 0 Å². The average Bonchev–Trinajstić information content (AvgIpc) is 2.62. The summed E-state index contributed by atoms with van der Waals surface area (Å²) in [6, 6.07) is 19.6. The van der Waals surface area contributed by atoms with E-state index in [0.717, 1.165) is 22.3 Å². The summed E-state index contributed by atoms with van der Waals surface area (Å²) in [5.74, 6) is 0.591. The first-order chi connectivity index (χ1) is 11.3. The standard InChI is InChI=1S/C20H16ClNO/c1-2-15-8-10-19(21)18(12-15)17-9-11-20(22-13-17)23-14-16-6-4-3-5-7-16/h2-13H,1,14H2. The van der Waals surface area contributed by atoms with Crippen LogP contribution in [0.5, 0.6) is 5.88 Å². The zero-order valence-corrected chi connectivity index (χ0v) is 13.3. The van der Waals surface area contributed by atoms with E-state index in [2.05, 4.69) is 11.6 Å². The van der Waals surface area contributed by atoms with E-state index in [1.54, 1.807) is 12.3 Å². The summed E-state index contributed by atoms with van der Waals surface area (Å²) in [4.78, 5) is 4.36. The first-order valence-corrected chi connectivity index (χ1v) is 7.69. The molecule has 0 aliphatic rings. The number of pyridine rings is 1. The van der Waals surface area contributed by atoms with Gasteiger partial charge in [-0.05, 0) is 29.3 Å². The van der Waals surface area contributed by atoms with Crippen molar-refractivity contribution in [1.29, 1.82) is 0 Å². The van der Waals surface area contributed by atoms with E-state index >= 15 is 0 Å². The van der Waals surface area contributed by atoms with Crippen molar-refractivity contribution in [1.82, 2.24) is 4.98 Å². The molecule has 23 heavy (non-hydrogen) atoms. The predicted molar refractivity (Wildman–Crippen MR) is 95.5 cm³/mol. The Labute approximate surface area is 141 Å². The summed E-state index contributed by atoms with van der Waals surface area (Å²) >= 11 is 6.28. The molecule has 0 radical (unpaired) electrons. The van der Waals surface area contributed by atoms with Crippen LogP contribution >= 0.6 is 11.6 Å². The van der Waals surface area contributed by atoms with Gasteiger partial charge in [0, 0.05) is 28.4 Å². The minimum absolute atomic E-state index is 0.500. The zero-order chi connectivity index (χ0) is 16.1. The molecule has 0 aliphatic heterocycles. The molecule has 0 saturated carbocycles. The monoisotopic (exact) mass is 321 g/mol. The molecule has 2 aromatic carbocycles. The highest BCUT2D eigenvalue weighted by molar-refractivity contribution is 6.33. The molecule has 0 N–H and O–H groups in total. The van der Waals surface area contributed by atoms with E-state index in [9.17, 15) is 0 Å². The SMILES string of the molecule is C=Cc1ccc(Cl)c(-c2ccc(OCc3ccccc3)nc2)c1. The first kappa shape index (κ1) is 15.3. The molecule has 0 spiro atoms. The van der Waals surface area contributed by atoms with E-state index in [0.29, 0.717) is 17.5 Å². The van der Waals surface area contributed by atoms with Gasteiger partial charge in [0.15, 0.2) is 0 Å². The minimum Gasteiger partial charge on any atom is -0.473 e. The summed E-state index contributed by atoms with van der Waals surface area (Å²) in [7, 11) is 0. The van der Waals surface area contributed by atoms with Gasteiger partial charge < -0.3 is 4.74 Å². The van der Waals surface area contributed by atoms with Crippen molar-refractivity contribution in [2.24, 2.45) is 0 Å². The van der Waals surface area contributed by atoms with Crippen molar-refractivity contribution in [3.05, 3.63) is 89.6 Å². The Hall–Kier alpha value is -2.58. The molecule has 0 saturated heterocycles. The minimum atomic E-state index is 0.500. The molecule has 1 heterocycles. The number of nitrogens with zero attached hydrogens (tertiary/aromatic N) is 1. The second-order valence-corrected chi connectivity index (χ2v) is 5.51. The fourth-order valence-electron chi connectivity index (χ4n) is 2.25. The maximum atomic E-state index is 6.28. The molecular weight excluding hydrogens is 306 g/mol. The lowest BCUT2D eigenvalue weighted by atomic mass is 10.0. The van der Waals surface area contributed by atoms with Gasteiger partial charge in [-0.1, -0.05) is 60.7 Å². The lowest BCUT2D eigenvalue weighted by Gasteiger charge is -2.08. The summed E-state index contributed by atoms with van der Waals surface area (Å²) in [6.07, 6.45) is 3.57. The Kier molecular flexibility index (Phi) is 4.74. The summed E-state index contributed by atoms with van der Waals surface area (Å²) in [6.45, 7) is 4.28. The van der Waals surface area contributed by atoms with Crippen molar-refractivity contribution in [3.63, 3.8) is 0 Å². The molecular formula is C20H16ClNO. The van der Waals surface area contributed by atoms with E-state index in [4.69, 9.17) is 16.3 Å². The summed E-state index contributed by atoms with van der Waals surface area (Å²) < 4.78 is 5.70. The Bertz CT molecular complexity index is 798. The second kappa shape index (κ2) is 7.12. The van der Waals surface area contributed by atoms with Gasteiger partial charge in [0.1, 0.15) is 6.61 Å². The van der Waals surface area contributed by atoms with Gasteiger partial charge >= 0.3 is 0 Å². The normalized spacial score (nSPS) is 10.3. The Morgan fingerprint density at radius 1 is 1.04 bits per heavy atom. The number of hydrogen-bond acceptors (Lipinski definition) is 2. The maximum Gasteiger partial charge on any atom is 0.213 e. The number of aromatic nitrogens is 1. The van der Waals surface area contributed by atoms with Gasteiger partial charge in [0.25, 0.3) is 0 Å². The highest BCUT2D eigenvalue weighted by atomic mass is 35.5. The van der Waals surface area contributed by atoms with Crippen molar-refractivity contribution in [2.45, 2.75) is 6.61 Å². The molecule has 3 heteroatoms. The fourth-order valence-corrected chi connectivity index (χ4v) is 2.47. The number of benzene rings is 2. The van der Waals surface area contributed by atoms with Gasteiger partial charge in [-0.25, -0.2) is 4.98 Å². The van der Waals surface area contributed by atoms with E-state index in [-0.39, 0.29) is 0 Å². The lowest BCUT2D eigenvalue weighted by Crippen LogP contribution is -1.96. The van der Waals surface area contributed by atoms with Crippen LogP contribution in [0.2, 0.25) is 5.02 Å². The van der Waals surface area contributed by atoms with Crippen LogP contribution in [0.15, 0.2) is 73.4 Å². The van der Waals surface area contributed by atoms with Crippen molar-refractivity contribution < 1.29 is 4.74 Å². The molecule has 3 aromatic rings. The van der Waals surface area contributed by atoms with Crippen LogP contribution in [0.4, 0.5) is 0 Å². The fraction of sp³-hybridized carbons (Fsp3) is 0.0500.